The number of quaternary nitrogens is 1. The standard InChI is InChI=1S/C24H27FN2O4/c1-4-26(5-2)14-15-27-21(16-6-10-18(25)11-7-16)20(23(29)24(27)30)22(28)17-8-12-19(31-3)13-9-17/h6-13,21,28H,4-5,14-15H2,1-3H3/p+1/t21-/m1/s1. The largest absolute Gasteiger partial charge is 0.507 e. The molecule has 7 heteroatoms. The molecule has 2 aromatic rings. The highest BCUT2D eigenvalue weighted by atomic mass is 19.1. The number of amides is 1. The Labute approximate surface area is 181 Å². The molecule has 0 aliphatic carbocycles. The molecule has 0 radical (unpaired) electrons. The van der Waals surface area contributed by atoms with Gasteiger partial charge in [-0.3, -0.25) is 9.59 Å². The van der Waals surface area contributed by atoms with Gasteiger partial charge in [-0.25, -0.2) is 4.39 Å². The summed E-state index contributed by atoms with van der Waals surface area (Å²) in [4.78, 5) is 28.7. The molecule has 6 nitrogen and oxygen atoms in total. The fourth-order valence-electron chi connectivity index (χ4n) is 3.89. The lowest BCUT2D eigenvalue weighted by molar-refractivity contribution is -0.895. The van der Waals surface area contributed by atoms with Crippen LogP contribution in [0.1, 0.15) is 31.0 Å². The maximum atomic E-state index is 13.5. The van der Waals surface area contributed by atoms with E-state index in [-0.39, 0.29) is 11.3 Å². The van der Waals surface area contributed by atoms with E-state index in [0.29, 0.717) is 30.0 Å². The molecule has 0 bridgehead atoms. The molecule has 1 amide bonds. The zero-order valence-corrected chi connectivity index (χ0v) is 18.0. The number of carbonyl (C=O) groups excluding carboxylic acids is 2. The summed E-state index contributed by atoms with van der Waals surface area (Å²) in [5.74, 6) is -1.46. The molecular weight excluding hydrogens is 399 g/mol. The number of likely N-dealkylation sites (N-methyl/N-ethyl adjacent to an activating group) is 1. The molecule has 31 heavy (non-hydrogen) atoms. The summed E-state index contributed by atoms with van der Waals surface area (Å²) in [6.45, 7) is 6.94. The fraction of sp³-hybridized carbons (Fsp3) is 0.333. The van der Waals surface area contributed by atoms with E-state index in [4.69, 9.17) is 4.74 Å². The van der Waals surface area contributed by atoms with E-state index < -0.39 is 23.5 Å². The number of halogens is 1. The van der Waals surface area contributed by atoms with Gasteiger partial charge in [-0.15, -0.1) is 0 Å². The van der Waals surface area contributed by atoms with Crippen molar-refractivity contribution >= 4 is 17.4 Å². The maximum absolute atomic E-state index is 13.5. The topological polar surface area (TPSA) is 71.3 Å². The molecule has 2 aromatic carbocycles. The molecule has 2 N–H and O–H groups in total. The van der Waals surface area contributed by atoms with Crippen molar-refractivity contribution in [1.29, 1.82) is 0 Å². The molecule has 1 aliphatic rings. The van der Waals surface area contributed by atoms with Crippen LogP contribution in [0.4, 0.5) is 4.39 Å². The zero-order valence-electron chi connectivity index (χ0n) is 18.0. The molecule has 0 unspecified atom stereocenters. The van der Waals surface area contributed by atoms with E-state index in [1.807, 2.05) is 0 Å². The van der Waals surface area contributed by atoms with Gasteiger partial charge in [-0.2, -0.15) is 0 Å². The van der Waals surface area contributed by atoms with Crippen molar-refractivity contribution < 1.29 is 28.7 Å². The Bertz CT molecular complexity index is 966. The average Bonchev–Trinajstić information content (AvgIpc) is 3.05. The minimum atomic E-state index is -0.780. The number of rotatable bonds is 8. The van der Waals surface area contributed by atoms with Gasteiger partial charge in [0.25, 0.3) is 11.7 Å². The van der Waals surface area contributed by atoms with Gasteiger partial charge in [-0.1, -0.05) is 12.1 Å². The third kappa shape index (κ3) is 4.61. The first-order chi connectivity index (χ1) is 14.9. The Hall–Kier alpha value is -3.19. The average molecular weight is 427 g/mol. The molecule has 0 saturated carbocycles. The van der Waals surface area contributed by atoms with E-state index in [0.717, 1.165) is 13.1 Å². The van der Waals surface area contributed by atoms with Gasteiger partial charge < -0.3 is 19.6 Å². The van der Waals surface area contributed by atoms with E-state index in [1.165, 1.54) is 29.0 Å². The molecule has 0 aromatic heterocycles. The van der Waals surface area contributed by atoms with Crippen molar-refractivity contribution in [3.8, 4) is 5.75 Å². The third-order valence-corrected chi connectivity index (χ3v) is 5.80. The van der Waals surface area contributed by atoms with Crippen molar-refractivity contribution in [2.24, 2.45) is 0 Å². The fourth-order valence-corrected chi connectivity index (χ4v) is 3.89. The maximum Gasteiger partial charge on any atom is 0.295 e. The highest BCUT2D eigenvalue weighted by Crippen LogP contribution is 2.39. The van der Waals surface area contributed by atoms with E-state index >= 15 is 0 Å². The number of hydrogen-bond donors (Lipinski definition) is 2. The molecular formula is C24H28FN2O4+. The van der Waals surface area contributed by atoms with Gasteiger partial charge in [0.2, 0.25) is 0 Å². The normalized spacial score (nSPS) is 18.1. The number of nitrogens with zero attached hydrogens (tertiary/aromatic N) is 1. The molecule has 1 heterocycles. The second-order valence-corrected chi connectivity index (χ2v) is 7.48. The smallest absolute Gasteiger partial charge is 0.295 e. The van der Waals surface area contributed by atoms with Crippen LogP contribution in [0.5, 0.6) is 5.75 Å². The van der Waals surface area contributed by atoms with Gasteiger partial charge in [0, 0.05) is 5.56 Å². The summed E-state index contributed by atoms with van der Waals surface area (Å²) in [5, 5.41) is 11.0. The van der Waals surface area contributed by atoms with E-state index in [1.54, 1.807) is 36.4 Å². The van der Waals surface area contributed by atoms with Crippen molar-refractivity contribution in [2.75, 3.05) is 33.3 Å². The Morgan fingerprint density at radius 2 is 1.68 bits per heavy atom. The van der Waals surface area contributed by atoms with Crippen molar-refractivity contribution in [3.05, 3.63) is 71.0 Å². The van der Waals surface area contributed by atoms with Crippen LogP contribution in [0.25, 0.3) is 5.76 Å². The van der Waals surface area contributed by atoms with E-state index in [2.05, 4.69) is 13.8 Å². The van der Waals surface area contributed by atoms with Crippen molar-refractivity contribution in [1.82, 2.24) is 4.90 Å². The molecule has 1 aliphatic heterocycles. The van der Waals surface area contributed by atoms with Crippen molar-refractivity contribution in [2.45, 2.75) is 19.9 Å². The second kappa shape index (κ2) is 9.75. The van der Waals surface area contributed by atoms with Gasteiger partial charge >= 0.3 is 0 Å². The predicted octanol–water partition coefficient (Wildman–Crippen LogP) is 2.18. The number of ether oxygens (including phenoxy) is 1. The highest BCUT2D eigenvalue weighted by Gasteiger charge is 2.46. The number of Topliss-reactive ketones (excluding diaryl/α,β-unsaturated/α-hetero) is 1. The molecule has 0 spiro atoms. The summed E-state index contributed by atoms with van der Waals surface area (Å²) >= 11 is 0. The second-order valence-electron chi connectivity index (χ2n) is 7.48. The number of nitrogens with one attached hydrogen (secondary N) is 1. The van der Waals surface area contributed by atoms with Gasteiger partial charge in [0.15, 0.2) is 0 Å². The number of ketones is 1. The number of aliphatic hydroxyl groups excluding tert-OH is 1. The minimum Gasteiger partial charge on any atom is -0.507 e. The highest BCUT2D eigenvalue weighted by molar-refractivity contribution is 6.46. The monoisotopic (exact) mass is 427 g/mol. The summed E-state index contributed by atoms with van der Waals surface area (Å²) in [5.41, 5.74) is 0.988. The van der Waals surface area contributed by atoms with Crippen LogP contribution < -0.4 is 9.64 Å². The van der Waals surface area contributed by atoms with Gasteiger partial charge in [0.05, 0.1) is 44.9 Å². The zero-order chi connectivity index (χ0) is 22.5. The Balaban J connectivity index is 2.07. The molecule has 164 valence electrons. The van der Waals surface area contributed by atoms with Crippen LogP contribution in [0.2, 0.25) is 0 Å². The van der Waals surface area contributed by atoms with Crippen LogP contribution in [-0.4, -0.2) is 55.0 Å². The van der Waals surface area contributed by atoms with Gasteiger partial charge in [0.1, 0.15) is 17.3 Å². The first-order valence-electron chi connectivity index (χ1n) is 10.4. The number of benzene rings is 2. The van der Waals surface area contributed by atoms with Crippen molar-refractivity contribution in [3.63, 3.8) is 0 Å². The predicted molar refractivity (Wildman–Crippen MR) is 115 cm³/mol. The van der Waals surface area contributed by atoms with Crippen LogP contribution >= 0.6 is 0 Å². The summed E-state index contributed by atoms with van der Waals surface area (Å²) in [7, 11) is 1.53. The molecule has 1 atom stereocenters. The Kier molecular flexibility index (Phi) is 7.07. The van der Waals surface area contributed by atoms with Crippen LogP contribution in [0, 0.1) is 5.82 Å². The van der Waals surface area contributed by atoms with Crippen LogP contribution in [0.15, 0.2) is 54.1 Å². The lowest BCUT2D eigenvalue weighted by Crippen LogP contribution is -3.12. The summed E-state index contributed by atoms with van der Waals surface area (Å²) in [6.07, 6.45) is 0. The number of carbonyl (C=O) groups is 2. The van der Waals surface area contributed by atoms with E-state index in [9.17, 15) is 19.1 Å². The SMILES string of the molecule is CC[NH+](CC)CCN1C(=O)C(=O)C(=C(O)c2ccc(OC)cc2)[C@H]1c1ccc(F)cc1. The lowest BCUT2D eigenvalue weighted by atomic mass is 9.95. The molecule has 1 fully saturated rings. The lowest BCUT2D eigenvalue weighted by Gasteiger charge is -2.27. The van der Waals surface area contributed by atoms with Crippen LogP contribution in [-0.2, 0) is 9.59 Å². The van der Waals surface area contributed by atoms with Crippen LogP contribution in [0.3, 0.4) is 0 Å². The minimum absolute atomic E-state index is 0.0105. The first-order valence-corrected chi connectivity index (χ1v) is 10.4. The Morgan fingerprint density at radius 1 is 1.06 bits per heavy atom. The quantitative estimate of drug-likeness (QED) is 0.385. The number of hydrogen-bond acceptors (Lipinski definition) is 4. The Morgan fingerprint density at radius 3 is 2.23 bits per heavy atom. The summed E-state index contributed by atoms with van der Waals surface area (Å²) < 4.78 is 18.7. The van der Waals surface area contributed by atoms with Gasteiger partial charge in [-0.05, 0) is 55.8 Å². The molecule has 1 saturated heterocycles. The third-order valence-electron chi connectivity index (χ3n) is 5.80. The number of likely N-dealkylation sites (tertiary alicyclic amines) is 1. The molecule has 3 rings (SSSR count). The summed E-state index contributed by atoms with van der Waals surface area (Å²) in [6, 6.07) is 11.5. The first kappa shape index (κ1) is 22.5. The number of methoxy groups -OCH3 is 1. The number of aliphatic hydroxyl groups is 1.